The van der Waals surface area contributed by atoms with Crippen molar-refractivity contribution in [2.45, 2.75) is 157 Å². The number of aromatic nitrogens is 10. The molecule has 0 aliphatic carbocycles. The fourth-order valence-corrected chi connectivity index (χ4v) is 24.0. The first-order chi connectivity index (χ1) is 68.1. The van der Waals surface area contributed by atoms with Crippen molar-refractivity contribution in [1.29, 1.82) is 0 Å². The molecule has 16 aromatic carbocycles. The van der Waals surface area contributed by atoms with Crippen molar-refractivity contribution in [3.8, 4) is 108 Å². The molecule has 142 heavy (non-hydrogen) atoms. The lowest BCUT2D eigenvalue weighted by Crippen LogP contribution is -2.74. The van der Waals surface area contributed by atoms with Crippen LogP contribution in [-0.4, -0.2) is 57.5 Å². The Hall–Kier alpha value is -15.8. The first kappa shape index (κ1) is 93.8. The zero-order valence-corrected chi connectivity index (χ0v) is 85.2. The van der Waals surface area contributed by atoms with Crippen molar-refractivity contribution >= 4 is 94.5 Å². The van der Waals surface area contributed by atoms with Gasteiger partial charge in [-0.1, -0.05) is 434 Å². The molecule has 0 fully saturated rings. The molecule has 0 bridgehead atoms. The van der Waals surface area contributed by atoms with Crippen molar-refractivity contribution < 1.29 is 8.83 Å². The molecule has 0 aliphatic rings. The molecular weight excluding hydrogens is 1750 g/mol. The molecule has 22 rings (SSSR count). The van der Waals surface area contributed by atoms with E-state index >= 15 is 0 Å². The van der Waals surface area contributed by atoms with Crippen molar-refractivity contribution in [1.82, 2.24) is 49.4 Å². The number of hydrogen-bond donors (Lipinski definition) is 0. The highest BCUT2D eigenvalue weighted by molar-refractivity contribution is 7.20. The van der Waals surface area contributed by atoms with Gasteiger partial charge in [0.1, 0.15) is 22.3 Å². The zero-order valence-electron chi connectivity index (χ0n) is 84.2. The van der Waals surface area contributed by atoms with E-state index in [4.69, 9.17) is 53.7 Å². The fraction of sp³-hybridized carbons (Fsp3) is 0.186. The predicted molar refractivity (Wildman–Crippen MR) is 593 cm³/mol. The Morgan fingerprint density at radius 3 is 0.831 bits per heavy atom. The maximum atomic E-state index is 6.26. The Labute approximate surface area is 834 Å². The Morgan fingerprint density at radius 2 is 0.451 bits per heavy atom. The third kappa shape index (κ3) is 18.8. The summed E-state index contributed by atoms with van der Waals surface area (Å²) in [5, 5.41) is 11.6. The van der Waals surface area contributed by atoms with Crippen LogP contribution >= 0.6 is 0 Å². The molecule has 12 nitrogen and oxygen atoms in total. The Kier molecular flexibility index (Phi) is 24.7. The normalized spacial score (nSPS) is 12.3. The molecular formula is C129H118N10O2Si. The number of fused-ring (bicyclic) bond motifs is 9. The van der Waals surface area contributed by atoms with Crippen LogP contribution in [0.1, 0.15) is 158 Å². The van der Waals surface area contributed by atoms with E-state index in [2.05, 4.69) is 433 Å². The van der Waals surface area contributed by atoms with E-state index in [0.29, 0.717) is 52.5 Å². The summed E-state index contributed by atoms with van der Waals surface area (Å²) < 4.78 is 14.7. The van der Waals surface area contributed by atoms with Crippen LogP contribution < -0.4 is 20.7 Å². The molecule has 22 aromatic rings. The zero-order chi connectivity index (χ0) is 98.8. The second kappa shape index (κ2) is 37.4. The number of benzene rings is 16. The van der Waals surface area contributed by atoms with Gasteiger partial charge in [0.05, 0.1) is 11.0 Å². The third-order valence-electron chi connectivity index (χ3n) is 27.2. The molecule has 0 radical (unpaired) electrons. The van der Waals surface area contributed by atoms with E-state index in [9.17, 15) is 0 Å². The Balaban J connectivity index is 0.000000131. The smallest absolute Gasteiger partial charge is 0.238 e. The minimum absolute atomic E-state index is 0.0264. The maximum Gasteiger partial charge on any atom is 0.238 e. The van der Waals surface area contributed by atoms with E-state index in [1.54, 1.807) is 0 Å². The van der Waals surface area contributed by atoms with Crippen LogP contribution in [-0.2, 0) is 32.5 Å². The van der Waals surface area contributed by atoms with E-state index in [0.717, 1.165) is 116 Å². The predicted octanol–water partition coefficient (Wildman–Crippen LogP) is 30.7. The minimum Gasteiger partial charge on any atom is -0.456 e. The number of nitrogens with zero attached hydrogens (tertiary/aromatic N) is 10. The summed E-state index contributed by atoms with van der Waals surface area (Å²) in [7, 11) is -2.76. The van der Waals surface area contributed by atoms with Crippen LogP contribution in [0.4, 0.5) is 0 Å². The van der Waals surface area contributed by atoms with Crippen LogP contribution in [0, 0.1) is 0 Å². The SMILES string of the molecule is CC(C)(C)c1cc(-c2nc(-c3cccc(-c4ccccc4)c3)nc(-c3cc(C(C)(C)C)cc(C(C)(C)C)c3)n2)cc(C(C)(C)C)c1.CC(C)(C)c1cc(-c2nc(-c3cccc4oc5ccccc5c34)nc(-c3cccc4oc5ccccc5c34)n2)cc(C(C)(C)C)c1.c1ccc(-c2nc(-c3cccc([Si](c4ccccc4)(c4ccccc4)c4ccccc4)c3)nc(-n3c4ccccc4c4ccccc43)n2)cc1. The average molecular weight is 1870 g/mol. The molecule has 0 spiro atoms. The van der Waals surface area contributed by atoms with Crippen LogP contribution in [0.2, 0.25) is 0 Å². The Bertz CT molecular complexity index is 7980. The van der Waals surface area contributed by atoms with Gasteiger partial charge in [-0.15, -0.1) is 0 Å². The summed E-state index contributed by atoms with van der Waals surface area (Å²) in [5.41, 5.74) is 22.7. The van der Waals surface area contributed by atoms with Crippen LogP contribution in [0.15, 0.2) is 397 Å². The molecule has 0 saturated heterocycles. The minimum atomic E-state index is -2.76. The van der Waals surface area contributed by atoms with Crippen LogP contribution in [0.25, 0.3) is 174 Å². The van der Waals surface area contributed by atoms with Gasteiger partial charge in [-0.3, -0.25) is 4.57 Å². The summed E-state index contributed by atoms with van der Waals surface area (Å²) in [6.45, 7) is 40.7. The number of hydrogen-bond acceptors (Lipinski definition) is 11. The van der Waals surface area contributed by atoms with Crippen molar-refractivity contribution in [3.63, 3.8) is 0 Å². The molecule has 0 amide bonds. The number of para-hydroxylation sites is 4. The molecule has 6 aromatic heterocycles. The van der Waals surface area contributed by atoms with Gasteiger partial charge in [-0.2, -0.15) is 9.97 Å². The molecule has 0 aliphatic heterocycles. The largest absolute Gasteiger partial charge is 0.456 e. The molecule has 6 heterocycles. The average Bonchev–Trinajstić information content (AvgIpc) is 0.817. The molecule has 0 unspecified atom stereocenters. The van der Waals surface area contributed by atoms with Gasteiger partial charge in [-0.05, 0) is 177 Å². The highest BCUT2D eigenvalue weighted by Gasteiger charge is 2.42. The second-order valence-electron chi connectivity index (χ2n) is 43.5. The molecule has 0 N–H and O–H groups in total. The van der Waals surface area contributed by atoms with E-state index in [1.165, 1.54) is 59.7 Å². The molecule has 0 saturated carbocycles. The monoisotopic (exact) mass is 1870 g/mol. The van der Waals surface area contributed by atoms with Gasteiger partial charge in [-0.25, -0.2) is 34.9 Å². The molecule has 13 heteroatoms. The lowest BCUT2D eigenvalue weighted by atomic mass is 9.79. The maximum absolute atomic E-state index is 6.26. The van der Waals surface area contributed by atoms with Gasteiger partial charge in [0.15, 0.2) is 54.7 Å². The Morgan fingerprint density at radius 1 is 0.190 bits per heavy atom. The van der Waals surface area contributed by atoms with Crippen molar-refractivity contribution in [3.05, 3.63) is 422 Å². The first-order valence-corrected chi connectivity index (χ1v) is 51.2. The first-order valence-electron chi connectivity index (χ1n) is 49.2. The van der Waals surface area contributed by atoms with Gasteiger partial charge in [0.2, 0.25) is 5.95 Å². The van der Waals surface area contributed by atoms with Crippen molar-refractivity contribution in [2.75, 3.05) is 0 Å². The van der Waals surface area contributed by atoms with E-state index in [1.807, 2.05) is 84.9 Å². The highest BCUT2D eigenvalue weighted by atomic mass is 28.3. The lowest BCUT2D eigenvalue weighted by molar-refractivity contribution is 0.568. The van der Waals surface area contributed by atoms with E-state index < -0.39 is 8.07 Å². The van der Waals surface area contributed by atoms with Crippen LogP contribution in [0.5, 0.6) is 0 Å². The highest BCUT2D eigenvalue weighted by Crippen LogP contribution is 2.44. The quantitative estimate of drug-likeness (QED) is 0.0757. The lowest BCUT2D eigenvalue weighted by Gasteiger charge is -2.34. The van der Waals surface area contributed by atoms with Gasteiger partial charge in [0, 0.05) is 76.8 Å². The summed E-state index contributed by atoms with van der Waals surface area (Å²) >= 11 is 0. The van der Waals surface area contributed by atoms with Crippen molar-refractivity contribution in [2.24, 2.45) is 0 Å². The topological polar surface area (TPSA) is 147 Å². The van der Waals surface area contributed by atoms with Gasteiger partial charge < -0.3 is 8.83 Å². The number of rotatable bonds is 14. The summed E-state index contributed by atoms with van der Waals surface area (Å²) in [6.07, 6.45) is 0. The fourth-order valence-electron chi connectivity index (χ4n) is 19.2. The molecule has 0 atom stereocenters. The van der Waals surface area contributed by atoms with Gasteiger partial charge >= 0.3 is 0 Å². The third-order valence-corrected chi connectivity index (χ3v) is 31.9. The second-order valence-corrected chi connectivity index (χ2v) is 47.3. The molecule has 700 valence electrons. The summed E-state index contributed by atoms with van der Waals surface area (Å²) in [4.78, 5) is 46.9. The summed E-state index contributed by atoms with van der Waals surface area (Å²) in [5.74, 6) is 5.75. The van der Waals surface area contributed by atoms with Crippen LogP contribution in [0.3, 0.4) is 0 Å². The van der Waals surface area contributed by atoms with E-state index in [-0.39, 0.29) is 32.5 Å². The number of furan rings is 2. The standard InChI is InChI=1S/C45H32N4Si.C43H51N3.C41H35N3O2/c1-5-18-33(19-6-1)43-46-44(48-45(47-43)49-41-30-15-13-28-39(41)40-29-14-16-31-42(40)49)34-20-17-27-38(32-34)50(35-21-7-2-8-22-35,36-23-9-3-10-24-36)37-25-11-4-12-26-37;1-40(2,3)33-22-31(23-34(26-33)41(4,5)6)38-44-37(30-20-16-19-29(21-30)28-17-14-13-15-18-28)45-39(46-38)32-24-35(42(7,8)9)27-36(25-32)43(10,11)12;1-40(2,3)25-21-24(22-26(23-25)41(4,5)6)37-42-38(29-15-11-19-33-35(29)27-13-7-9-17-31(27)45-33)44-39(43-37)30-16-12-20-34-36(30)28-14-8-10-18-32(28)46-34/h1-32H;13-27H,1-12H3;7-23H,1-6H3. The summed E-state index contributed by atoms with van der Waals surface area (Å²) in [6, 6.07) is 137. The van der Waals surface area contributed by atoms with Gasteiger partial charge in [0.25, 0.3) is 0 Å².